The van der Waals surface area contributed by atoms with E-state index >= 15 is 0 Å². The third-order valence-corrected chi connectivity index (χ3v) is 5.41. The van der Waals surface area contributed by atoms with Gasteiger partial charge in [-0.25, -0.2) is 9.97 Å². The minimum Gasteiger partial charge on any atom is -0.233 e. The minimum atomic E-state index is 0.626. The van der Waals surface area contributed by atoms with Gasteiger partial charge in [0.2, 0.25) is 0 Å². The normalized spacial score (nSPS) is 10.7. The van der Waals surface area contributed by atoms with Crippen LogP contribution in [0.3, 0.4) is 0 Å². The molecule has 0 bridgehead atoms. The first-order chi connectivity index (χ1) is 15.2. The maximum absolute atomic E-state index is 9.02. The number of nitriles is 1. The van der Waals surface area contributed by atoms with Crippen LogP contribution in [0.25, 0.3) is 44.5 Å². The van der Waals surface area contributed by atoms with Crippen LogP contribution < -0.4 is 0 Å². The van der Waals surface area contributed by atoms with E-state index in [2.05, 4.69) is 77.8 Å². The van der Waals surface area contributed by atoms with Gasteiger partial charge >= 0.3 is 0 Å². The molecule has 5 rings (SSSR count). The zero-order valence-corrected chi connectivity index (χ0v) is 17.1. The molecule has 0 aliphatic carbocycles. The average Bonchev–Trinajstić information content (AvgIpc) is 2.83. The molecular formula is C28H19N3. The number of hydrogen-bond donors (Lipinski definition) is 0. The molecule has 0 N–H and O–H groups in total. The number of fused-ring (bicyclic) bond motifs is 1. The van der Waals surface area contributed by atoms with E-state index in [1.807, 2.05) is 25.1 Å². The first kappa shape index (κ1) is 18.7. The van der Waals surface area contributed by atoms with Crippen LogP contribution in [0.15, 0.2) is 97.1 Å². The van der Waals surface area contributed by atoms with Gasteiger partial charge in [0.25, 0.3) is 0 Å². The van der Waals surface area contributed by atoms with Gasteiger partial charge in [-0.3, -0.25) is 0 Å². The second kappa shape index (κ2) is 7.85. The second-order valence-electron chi connectivity index (χ2n) is 7.51. The van der Waals surface area contributed by atoms with E-state index in [4.69, 9.17) is 10.2 Å². The van der Waals surface area contributed by atoms with Gasteiger partial charge in [-0.1, -0.05) is 66.7 Å². The van der Waals surface area contributed by atoms with Crippen molar-refractivity contribution < 1.29 is 0 Å². The summed E-state index contributed by atoms with van der Waals surface area (Å²) in [5, 5.41) is 11.5. The lowest BCUT2D eigenvalue weighted by Crippen LogP contribution is -1.95. The highest BCUT2D eigenvalue weighted by Crippen LogP contribution is 2.30. The highest BCUT2D eigenvalue weighted by Gasteiger charge is 2.09. The van der Waals surface area contributed by atoms with E-state index in [9.17, 15) is 0 Å². The molecule has 0 radical (unpaired) electrons. The molecule has 0 unspecified atom stereocenters. The molecule has 3 heteroatoms. The quantitative estimate of drug-likeness (QED) is 0.336. The zero-order chi connectivity index (χ0) is 21.2. The lowest BCUT2D eigenvalue weighted by atomic mass is 9.97. The van der Waals surface area contributed by atoms with Gasteiger partial charge in [-0.15, -0.1) is 0 Å². The van der Waals surface area contributed by atoms with Crippen LogP contribution in [-0.4, -0.2) is 9.97 Å². The summed E-state index contributed by atoms with van der Waals surface area (Å²) in [5.41, 5.74) is 6.76. The summed E-state index contributed by atoms with van der Waals surface area (Å²) < 4.78 is 0. The molecule has 31 heavy (non-hydrogen) atoms. The standard InChI is InChI=1S/C28H19N3/c1-19-17-27(31-28(30-19)24-11-9-20(18-29)10-12-24)23-15-13-22(14-16-23)26-8-4-6-21-5-2-3-7-25(21)26/h2-17H,1H3. The molecule has 5 aromatic rings. The summed E-state index contributed by atoms with van der Waals surface area (Å²) in [7, 11) is 0. The van der Waals surface area contributed by atoms with Crippen molar-refractivity contribution in [2.24, 2.45) is 0 Å². The Morgan fingerprint density at radius 1 is 0.677 bits per heavy atom. The van der Waals surface area contributed by atoms with E-state index in [0.29, 0.717) is 11.4 Å². The van der Waals surface area contributed by atoms with Gasteiger partial charge in [0, 0.05) is 16.8 Å². The Hall–Kier alpha value is -4.29. The van der Waals surface area contributed by atoms with Crippen molar-refractivity contribution in [2.75, 3.05) is 0 Å². The van der Waals surface area contributed by atoms with Crippen molar-refractivity contribution >= 4 is 10.8 Å². The third kappa shape index (κ3) is 3.68. The molecule has 0 saturated heterocycles. The summed E-state index contributed by atoms with van der Waals surface area (Å²) in [5.74, 6) is 0.664. The zero-order valence-electron chi connectivity index (χ0n) is 17.1. The van der Waals surface area contributed by atoms with Crippen LogP contribution in [0.2, 0.25) is 0 Å². The highest BCUT2D eigenvalue weighted by atomic mass is 14.9. The van der Waals surface area contributed by atoms with E-state index < -0.39 is 0 Å². The van der Waals surface area contributed by atoms with Crippen molar-refractivity contribution in [3.8, 4) is 39.8 Å². The van der Waals surface area contributed by atoms with Crippen molar-refractivity contribution in [2.45, 2.75) is 6.92 Å². The Morgan fingerprint density at radius 3 is 2.13 bits per heavy atom. The van der Waals surface area contributed by atoms with Crippen LogP contribution in [-0.2, 0) is 0 Å². The molecule has 0 aliphatic heterocycles. The van der Waals surface area contributed by atoms with Crippen LogP contribution in [0.5, 0.6) is 0 Å². The summed E-state index contributed by atoms with van der Waals surface area (Å²) in [6.45, 7) is 1.98. The molecule has 3 nitrogen and oxygen atoms in total. The smallest absolute Gasteiger partial charge is 0.160 e. The number of nitrogens with zero attached hydrogens (tertiary/aromatic N) is 3. The maximum atomic E-state index is 9.02. The maximum Gasteiger partial charge on any atom is 0.160 e. The van der Waals surface area contributed by atoms with Gasteiger partial charge in [-0.2, -0.15) is 5.26 Å². The van der Waals surface area contributed by atoms with E-state index in [0.717, 1.165) is 22.5 Å². The Balaban J connectivity index is 1.52. The van der Waals surface area contributed by atoms with Crippen LogP contribution in [0.1, 0.15) is 11.3 Å². The van der Waals surface area contributed by atoms with Crippen LogP contribution in [0, 0.1) is 18.3 Å². The molecule has 0 spiro atoms. The van der Waals surface area contributed by atoms with Gasteiger partial charge in [0.05, 0.1) is 17.3 Å². The second-order valence-corrected chi connectivity index (χ2v) is 7.51. The Labute approximate surface area is 181 Å². The fraction of sp³-hybridized carbons (Fsp3) is 0.0357. The lowest BCUT2D eigenvalue weighted by molar-refractivity contribution is 1.11. The topological polar surface area (TPSA) is 49.6 Å². The Kier molecular flexibility index (Phi) is 4.74. The van der Waals surface area contributed by atoms with Crippen molar-refractivity contribution in [3.63, 3.8) is 0 Å². The molecular weight excluding hydrogens is 378 g/mol. The van der Waals surface area contributed by atoms with Crippen LogP contribution in [0.4, 0.5) is 0 Å². The summed E-state index contributed by atoms with van der Waals surface area (Å²) in [4.78, 5) is 9.38. The van der Waals surface area contributed by atoms with Crippen molar-refractivity contribution in [1.29, 1.82) is 5.26 Å². The predicted octanol–water partition coefficient (Wildman–Crippen LogP) is 6.81. The van der Waals surface area contributed by atoms with Crippen molar-refractivity contribution in [1.82, 2.24) is 9.97 Å². The summed E-state index contributed by atoms with van der Waals surface area (Å²) >= 11 is 0. The number of benzene rings is 4. The van der Waals surface area contributed by atoms with E-state index in [-0.39, 0.29) is 0 Å². The van der Waals surface area contributed by atoms with Gasteiger partial charge in [0.15, 0.2) is 5.82 Å². The molecule has 1 heterocycles. The molecule has 146 valence electrons. The number of aryl methyl sites for hydroxylation is 1. The molecule has 0 saturated carbocycles. The largest absolute Gasteiger partial charge is 0.233 e. The molecule has 0 fully saturated rings. The predicted molar refractivity (Wildman–Crippen MR) is 125 cm³/mol. The van der Waals surface area contributed by atoms with Crippen molar-refractivity contribution in [3.05, 3.63) is 108 Å². The lowest BCUT2D eigenvalue weighted by Gasteiger charge is -2.09. The molecule has 0 atom stereocenters. The van der Waals surface area contributed by atoms with E-state index in [1.165, 1.54) is 21.9 Å². The van der Waals surface area contributed by atoms with Gasteiger partial charge in [-0.05, 0) is 59.2 Å². The van der Waals surface area contributed by atoms with Gasteiger partial charge in [0.1, 0.15) is 0 Å². The van der Waals surface area contributed by atoms with E-state index in [1.54, 1.807) is 12.1 Å². The number of aromatic nitrogens is 2. The fourth-order valence-electron chi connectivity index (χ4n) is 3.84. The van der Waals surface area contributed by atoms with Crippen LogP contribution >= 0.6 is 0 Å². The first-order valence-corrected chi connectivity index (χ1v) is 10.2. The van der Waals surface area contributed by atoms with Gasteiger partial charge < -0.3 is 0 Å². The average molecular weight is 397 g/mol. The first-order valence-electron chi connectivity index (χ1n) is 10.2. The summed E-state index contributed by atoms with van der Waals surface area (Å²) in [6.07, 6.45) is 0. The molecule has 0 aliphatic rings. The molecule has 1 aromatic heterocycles. The fourth-order valence-corrected chi connectivity index (χ4v) is 3.84. The minimum absolute atomic E-state index is 0.626. The Bertz CT molecular complexity index is 1420. The Morgan fingerprint density at radius 2 is 1.35 bits per heavy atom. The highest BCUT2D eigenvalue weighted by molar-refractivity contribution is 5.96. The number of hydrogen-bond acceptors (Lipinski definition) is 3. The monoisotopic (exact) mass is 397 g/mol. The molecule has 0 amide bonds. The third-order valence-electron chi connectivity index (χ3n) is 5.41. The summed E-state index contributed by atoms with van der Waals surface area (Å²) in [6, 6.07) is 34.9. The SMILES string of the molecule is Cc1cc(-c2ccc(-c3cccc4ccccc34)cc2)nc(-c2ccc(C#N)cc2)n1. The molecule has 4 aromatic carbocycles. The number of rotatable bonds is 3.